The molecular weight excluding hydrogens is 539 g/mol. The third kappa shape index (κ3) is 5.03. The molecular formula is C24H23IN2O6. The van der Waals surface area contributed by atoms with Crippen LogP contribution in [0.2, 0.25) is 0 Å². The minimum Gasteiger partial charge on any atom is -0.490 e. The lowest BCUT2D eigenvalue weighted by Gasteiger charge is -2.14. The number of para-hydroxylation sites is 1. The molecule has 0 amide bonds. The third-order valence-corrected chi connectivity index (χ3v) is 5.38. The van der Waals surface area contributed by atoms with Crippen LogP contribution in [0.5, 0.6) is 11.5 Å². The van der Waals surface area contributed by atoms with E-state index in [4.69, 9.17) is 18.9 Å². The van der Waals surface area contributed by atoms with Gasteiger partial charge < -0.3 is 18.9 Å². The van der Waals surface area contributed by atoms with Gasteiger partial charge in [-0.1, -0.05) is 30.9 Å². The maximum Gasteiger partial charge on any atom is 0.357 e. The van der Waals surface area contributed by atoms with Crippen LogP contribution in [0.1, 0.15) is 27.8 Å². The lowest BCUT2D eigenvalue weighted by atomic mass is 10.0. The first-order valence-electron chi connectivity index (χ1n) is 10.0. The normalized spacial score (nSPS) is 10.4. The molecule has 1 aromatic heterocycles. The molecule has 0 fully saturated rings. The van der Waals surface area contributed by atoms with Crippen molar-refractivity contribution in [1.82, 2.24) is 9.78 Å². The predicted molar refractivity (Wildman–Crippen MR) is 131 cm³/mol. The van der Waals surface area contributed by atoms with Gasteiger partial charge in [-0.05, 0) is 53.8 Å². The molecule has 9 heteroatoms. The van der Waals surface area contributed by atoms with Crippen molar-refractivity contribution in [1.29, 1.82) is 0 Å². The summed E-state index contributed by atoms with van der Waals surface area (Å²) in [6.07, 6.45) is 1.64. The molecule has 0 aliphatic carbocycles. The average molecular weight is 562 g/mol. The minimum absolute atomic E-state index is 0.00814. The van der Waals surface area contributed by atoms with E-state index >= 15 is 0 Å². The second kappa shape index (κ2) is 11.0. The summed E-state index contributed by atoms with van der Waals surface area (Å²) in [6, 6.07) is 12.5. The number of nitrogens with zero attached hydrogens (tertiary/aromatic N) is 2. The summed E-state index contributed by atoms with van der Waals surface area (Å²) in [5, 5.41) is 4.62. The molecule has 0 saturated carbocycles. The van der Waals surface area contributed by atoms with E-state index in [1.807, 2.05) is 13.0 Å². The monoisotopic (exact) mass is 562 g/mol. The van der Waals surface area contributed by atoms with Crippen molar-refractivity contribution in [3.63, 3.8) is 0 Å². The van der Waals surface area contributed by atoms with Crippen LogP contribution in [0.4, 0.5) is 0 Å². The number of rotatable bonds is 9. The van der Waals surface area contributed by atoms with E-state index in [1.165, 1.54) is 18.9 Å². The second-order valence-electron chi connectivity index (χ2n) is 6.62. The van der Waals surface area contributed by atoms with E-state index in [1.54, 1.807) is 42.5 Å². The van der Waals surface area contributed by atoms with Crippen LogP contribution in [0.15, 0.2) is 55.1 Å². The van der Waals surface area contributed by atoms with Gasteiger partial charge in [0.15, 0.2) is 17.2 Å². The Balaban J connectivity index is 2.32. The molecule has 3 aromatic rings. The highest BCUT2D eigenvalue weighted by Crippen LogP contribution is 2.39. The van der Waals surface area contributed by atoms with Crippen LogP contribution < -0.4 is 9.47 Å². The number of benzene rings is 2. The fourth-order valence-corrected chi connectivity index (χ4v) is 3.96. The quantitative estimate of drug-likeness (QED) is 0.213. The zero-order valence-corrected chi connectivity index (χ0v) is 20.6. The van der Waals surface area contributed by atoms with Gasteiger partial charge in [-0.15, -0.1) is 0 Å². The summed E-state index contributed by atoms with van der Waals surface area (Å²) in [5.41, 5.74) is 1.34. The summed E-state index contributed by atoms with van der Waals surface area (Å²) in [5.74, 6) is -0.404. The maximum absolute atomic E-state index is 12.8. The van der Waals surface area contributed by atoms with Crippen molar-refractivity contribution in [3.8, 4) is 28.4 Å². The van der Waals surface area contributed by atoms with E-state index < -0.39 is 11.9 Å². The molecule has 0 spiro atoms. The first-order chi connectivity index (χ1) is 16.0. The molecule has 0 aliphatic rings. The molecule has 0 unspecified atom stereocenters. The zero-order chi connectivity index (χ0) is 24.0. The highest BCUT2D eigenvalue weighted by molar-refractivity contribution is 14.1. The molecule has 0 saturated heterocycles. The Kier molecular flexibility index (Phi) is 8.10. The Morgan fingerprint density at radius 2 is 1.79 bits per heavy atom. The number of halogens is 1. The molecule has 0 aliphatic heterocycles. The Morgan fingerprint density at radius 1 is 1.09 bits per heavy atom. The molecule has 8 nitrogen and oxygen atoms in total. The van der Waals surface area contributed by atoms with E-state index in [-0.39, 0.29) is 17.0 Å². The molecule has 1 heterocycles. The molecule has 3 rings (SSSR count). The summed E-state index contributed by atoms with van der Waals surface area (Å²) in [6.45, 7) is 6.24. The fourth-order valence-electron chi connectivity index (χ4n) is 3.21. The number of aromatic nitrogens is 2. The number of hydrogen-bond acceptors (Lipinski definition) is 7. The fraction of sp³-hybridized carbons (Fsp3) is 0.208. The van der Waals surface area contributed by atoms with Crippen LogP contribution in [0.3, 0.4) is 0 Å². The van der Waals surface area contributed by atoms with E-state index in [0.717, 1.165) is 3.57 Å². The van der Waals surface area contributed by atoms with Crippen LogP contribution in [0, 0.1) is 3.57 Å². The standard InChI is InChI=1S/C24H23IN2O6/c1-5-12-33-22-17(25)13-15(14-18(22)32-6-2)20-19(23(28)30-3)21(24(29)31-4)27(26-20)16-10-8-7-9-11-16/h5,7-11,13-14H,1,6,12H2,2-4H3. The molecule has 0 atom stereocenters. The SMILES string of the molecule is C=CCOc1c(I)cc(-c2nn(-c3ccccc3)c(C(=O)OC)c2C(=O)OC)cc1OCC. The van der Waals surface area contributed by atoms with Gasteiger partial charge in [-0.25, -0.2) is 14.3 Å². The number of ether oxygens (including phenoxy) is 4. The van der Waals surface area contributed by atoms with Gasteiger partial charge in [0.2, 0.25) is 0 Å². The third-order valence-electron chi connectivity index (χ3n) is 4.58. The highest BCUT2D eigenvalue weighted by Gasteiger charge is 2.32. The van der Waals surface area contributed by atoms with E-state index in [2.05, 4.69) is 34.3 Å². The van der Waals surface area contributed by atoms with E-state index in [0.29, 0.717) is 36.0 Å². The van der Waals surface area contributed by atoms with Gasteiger partial charge in [0, 0.05) is 5.56 Å². The summed E-state index contributed by atoms with van der Waals surface area (Å²) >= 11 is 2.12. The molecule has 0 bridgehead atoms. The van der Waals surface area contributed by atoms with Crippen molar-refractivity contribution in [3.05, 3.63) is 69.9 Å². The molecule has 2 aromatic carbocycles. The molecule has 0 N–H and O–H groups in total. The van der Waals surface area contributed by atoms with Crippen molar-refractivity contribution >= 4 is 34.5 Å². The van der Waals surface area contributed by atoms with Gasteiger partial charge in [-0.3, -0.25) is 0 Å². The van der Waals surface area contributed by atoms with Crippen LogP contribution >= 0.6 is 22.6 Å². The van der Waals surface area contributed by atoms with Crippen molar-refractivity contribution in [2.45, 2.75) is 6.92 Å². The van der Waals surface area contributed by atoms with Gasteiger partial charge in [0.05, 0.1) is 30.1 Å². The Labute approximate surface area is 205 Å². The Hall–Kier alpha value is -3.34. The zero-order valence-electron chi connectivity index (χ0n) is 18.5. The van der Waals surface area contributed by atoms with Crippen LogP contribution in [-0.2, 0) is 9.47 Å². The summed E-state index contributed by atoms with van der Waals surface area (Å²) < 4.78 is 23.6. The van der Waals surface area contributed by atoms with E-state index in [9.17, 15) is 9.59 Å². The number of carbonyl (C=O) groups excluding carboxylic acids is 2. The number of carbonyl (C=O) groups is 2. The summed E-state index contributed by atoms with van der Waals surface area (Å²) in [4.78, 5) is 25.6. The number of hydrogen-bond donors (Lipinski definition) is 0. The largest absolute Gasteiger partial charge is 0.490 e. The van der Waals surface area contributed by atoms with Crippen LogP contribution in [0.25, 0.3) is 16.9 Å². The number of esters is 2. The smallest absolute Gasteiger partial charge is 0.357 e. The van der Waals surface area contributed by atoms with Gasteiger partial charge in [-0.2, -0.15) is 5.10 Å². The first-order valence-corrected chi connectivity index (χ1v) is 11.1. The lowest BCUT2D eigenvalue weighted by molar-refractivity contribution is 0.0549. The van der Waals surface area contributed by atoms with Crippen LogP contribution in [-0.4, -0.2) is 49.2 Å². The predicted octanol–water partition coefficient (Wildman–Crippen LogP) is 4.68. The van der Waals surface area contributed by atoms with Crippen molar-refractivity contribution in [2.24, 2.45) is 0 Å². The Morgan fingerprint density at radius 3 is 2.39 bits per heavy atom. The van der Waals surface area contributed by atoms with Gasteiger partial charge >= 0.3 is 11.9 Å². The minimum atomic E-state index is -0.719. The average Bonchev–Trinajstić information content (AvgIpc) is 3.24. The molecule has 172 valence electrons. The van der Waals surface area contributed by atoms with Crippen molar-refractivity contribution < 1.29 is 28.5 Å². The van der Waals surface area contributed by atoms with Gasteiger partial charge in [0.1, 0.15) is 17.9 Å². The molecule has 0 radical (unpaired) electrons. The maximum atomic E-state index is 12.8. The summed E-state index contributed by atoms with van der Waals surface area (Å²) in [7, 11) is 2.49. The first kappa shape index (κ1) is 24.3. The topological polar surface area (TPSA) is 88.9 Å². The molecule has 33 heavy (non-hydrogen) atoms. The van der Waals surface area contributed by atoms with Crippen molar-refractivity contribution in [2.75, 3.05) is 27.4 Å². The lowest BCUT2D eigenvalue weighted by Crippen LogP contribution is -2.15. The highest BCUT2D eigenvalue weighted by atomic mass is 127. The Bertz CT molecular complexity index is 1170. The number of methoxy groups -OCH3 is 2. The second-order valence-corrected chi connectivity index (χ2v) is 7.78. The van der Waals surface area contributed by atoms with Gasteiger partial charge in [0.25, 0.3) is 0 Å².